The van der Waals surface area contributed by atoms with Crippen LogP contribution in [0.1, 0.15) is 23.2 Å². The Labute approximate surface area is 118 Å². The highest BCUT2D eigenvalue weighted by Gasteiger charge is 2.16. The molecule has 0 radical (unpaired) electrons. The summed E-state index contributed by atoms with van der Waals surface area (Å²) in [5.74, 6) is -0.340. The Morgan fingerprint density at radius 1 is 1.47 bits per heavy atom. The molecular weight excluding hydrogens is 264 g/mol. The van der Waals surface area contributed by atoms with Crippen LogP contribution in [0.25, 0.3) is 0 Å². The molecule has 0 aromatic heterocycles. The summed E-state index contributed by atoms with van der Waals surface area (Å²) in [5, 5.41) is 12.6. The number of benzene rings is 1. The van der Waals surface area contributed by atoms with Crippen molar-refractivity contribution in [3.8, 4) is 0 Å². The summed E-state index contributed by atoms with van der Waals surface area (Å²) in [6.45, 7) is 3.15. The molecule has 1 aliphatic heterocycles. The molecule has 1 aromatic carbocycles. The number of carboxylic acid groups (broad SMARTS) is 1. The van der Waals surface area contributed by atoms with E-state index in [-0.39, 0.29) is 10.6 Å². The minimum atomic E-state index is -0.993. The number of nitrogens with one attached hydrogen (secondary N) is 1. The second kappa shape index (κ2) is 6.26. The van der Waals surface area contributed by atoms with Crippen molar-refractivity contribution in [3.05, 3.63) is 28.8 Å². The van der Waals surface area contributed by atoms with Gasteiger partial charge in [0.2, 0.25) is 0 Å². The third-order valence-corrected chi connectivity index (χ3v) is 3.96. The lowest BCUT2D eigenvalue weighted by molar-refractivity contribution is 0.0697. The first-order chi connectivity index (χ1) is 9.06. The maximum atomic E-state index is 11.0. The number of likely N-dealkylation sites (tertiary alicyclic amines) is 1. The van der Waals surface area contributed by atoms with E-state index in [4.69, 9.17) is 16.7 Å². The van der Waals surface area contributed by atoms with Gasteiger partial charge >= 0.3 is 5.97 Å². The Bertz CT molecular complexity index is 457. The van der Waals surface area contributed by atoms with Crippen molar-refractivity contribution in [2.24, 2.45) is 5.92 Å². The van der Waals surface area contributed by atoms with Gasteiger partial charge < -0.3 is 15.3 Å². The first-order valence-electron chi connectivity index (χ1n) is 6.51. The number of anilines is 1. The zero-order valence-corrected chi connectivity index (χ0v) is 11.8. The predicted molar refractivity (Wildman–Crippen MR) is 77.1 cm³/mol. The van der Waals surface area contributed by atoms with Crippen LogP contribution in [0.3, 0.4) is 0 Å². The number of hydrogen-bond donors (Lipinski definition) is 2. The number of hydrogen-bond acceptors (Lipinski definition) is 3. The number of rotatable bonds is 4. The second-order valence-electron chi connectivity index (χ2n) is 5.13. The minimum absolute atomic E-state index is 0.148. The molecule has 4 nitrogen and oxygen atoms in total. The van der Waals surface area contributed by atoms with Gasteiger partial charge in [-0.25, -0.2) is 4.79 Å². The molecule has 1 saturated heterocycles. The monoisotopic (exact) mass is 282 g/mol. The maximum absolute atomic E-state index is 11.0. The lowest BCUT2D eigenvalue weighted by Crippen LogP contribution is -2.32. The molecule has 19 heavy (non-hydrogen) atoms. The van der Waals surface area contributed by atoms with Crippen LogP contribution in [0.4, 0.5) is 5.69 Å². The topological polar surface area (TPSA) is 52.6 Å². The van der Waals surface area contributed by atoms with Gasteiger partial charge in [-0.2, -0.15) is 0 Å². The lowest BCUT2D eigenvalue weighted by atomic mass is 9.97. The van der Waals surface area contributed by atoms with E-state index in [0.29, 0.717) is 5.92 Å². The molecular formula is C14H19ClN2O2. The molecule has 0 saturated carbocycles. The van der Waals surface area contributed by atoms with E-state index >= 15 is 0 Å². The summed E-state index contributed by atoms with van der Waals surface area (Å²) >= 11 is 5.84. The van der Waals surface area contributed by atoms with Gasteiger partial charge in [0.1, 0.15) is 0 Å². The average molecular weight is 283 g/mol. The molecule has 0 spiro atoms. The van der Waals surface area contributed by atoms with Crippen molar-refractivity contribution in [2.45, 2.75) is 12.8 Å². The minimum Gasteiger partial charge on any atom is -0.478 e. The molecule has 104 valence electrons. The Kier molecular flexibility index (Phi) is 4.66. The molecule has 0 bridgehead atoms. The maximum Gasteiger partial charge on any atom is 0.337 e. The lowest BCUT2D eigenvalue weighted by Gasteiger charge is -2.29. The third-order valence-electron chi connectivity index (χ3n) is 3.63. The summed E-state index contributed by atoms with van der Waals surface area (Å²) in [6, 6.07) is 5.05. The molecule has 1 heterocycles. The molecule has 0 atom stereocenters. The van der Waals surface area contributed by atoms with Crippen molar-refractivity contribution in [1.82, 2.24) is 4.90 Å². The van der Waals surface area contributed by atoms with Crippen LogP contribution in [0, 0.1) is 5.92 Å². The third kappa shape index (κ3) is 3.85. The fourth-order valence-electron chi connectivity index (χ4n) is 2.33. The van der Waals surface area contributed by atoms with Crippen LogP contribution >= 0.6 is 11.6 Å². The van der Waals surface area contributed by atoms with E-state index < -0.39 is 5.97 Å². The zero-order valence-electron chi connectivity index (χ0n) is 11.0. The van der Waals surface area contributed by atoms with Crippen molar-refractivity contribution < 1.29 is 9.90 Å². The van der Waals surface area contributed by atoms with Crippen molar-refractivity contribution in [1.29, 1.82) is 0 Å². The van der Waals surface area contributed by atoms with Gasteiger partial charge in [0.25, 0.3) is 0 Å². The first kappa shape index (κ1) is 14.2. The summed E-state index contributed by atoms with van der Waals surface area (Å²) in [7, 11) is 2.14. The normalized spacial score (nSPS) is 17.4. The smallest absolute Gasteiger partial charge is 0.337 e. The van der Waals surface area contributed by atoms with Gasteiger partial charge in [-0.3, -0.25) is 0 Å². The first-order valence-corrected chi connectivity index (χ1v) is 6.89. The highest BCUT2D eigenvalue weighted by atomic mass is 35.5. The van der Waals surface area contributed by atoms with Crippen molar-refractivity contribution in [3.63, 3.8) is 0 Å². The van der Waals surface area contributed by atoms with E-state index in [1.165, 1.54) is 12.8 Å². The van der Waals surface area contributed by atoms with Gasteiger partial charge in [-0.15, -0.1) is 0 Å². The molecule has 0 unspecified atom stereocenters. The standard InChI is InChI=1S/C14H19ClN2O2/c1-17-6-4-10(5-7-17)9-16-11-2-3-13(15)12(8-11)14(18)19/h2-3,8,10,16H,4-7,9H2,1H3,(H,18,19). The highest BCUT2D eigenvalue weighted by molar-refractivity contribution is 6.33. The quantitative estimate of drug-likeness (QED) is 0.892. The van der Waals surface area contributed by atoms with Crippen LogP contribution in [0.2, 0.25) is 5.02 Å². The summed E-state index contributed by atoms with van der Waals surface area (Å²) in [6.07, 6.45) is 2.37. The summed E-state index contributed by atoms with van der Waals surface area (Å²) in [5.41, 5.74) is 0.968. The van der Waals surface area contributed by atoms with E-state index in [2.05, 4.69) is 17.3 Å². The second-order valence-corrected chi connectivity index (χ2v) is 5.53. The Morgan fingerprint density at radius 3 is 2.79 bits per heavy atom. The fraction of sp³-hybridized carbons (Fsp3) is 0.500. The molecule has 5 heteroatoms. The number of carbonyl (C=O) groups is 1. The number of piperidine rings is 1. The van der Waals surface area contributed by atoms with Crippen LogP contribution < -0.4 is 5.32 Å². The number of aromatic carboxylic acids is 1. The number of halogens is 1. The van der Waals surface area contributed by atoms with Gasteiger partial charge in [-0.05, 0) is 57.1 Å². The molecule has 2 rings (SSSR count). The molecule has 1 aromatic rings. The molecule has 1 aliphatic rings. The van der Waals surface area contributed by atoms with Crippen LogP contribution in [-0.4, -0.2) is 42.7 Å². The summed E-state index contributed by atoms with van der Waals surface area (Å²) < 4.78 is 0. The van der Waals surface area contributed by atoms with Crippen LogP contribution in [-0.2, 0) is 0 Å². The largest absolute Gasteiger partial charge is 0.478 e. The molecule has 2 N–H and O–H groups in total. The molecule has 1 fully saturated rings. The van der Waals surface area contributed by atoms with Crippen molar-refractivity contribution in [2.75, 3.05) is 32.0 Å². The van der Waals surface area contributed by atoms with E-state index in [0.717, 1.165) is 25.3 Å². The Morgan fingerprint density at radius 2 is 2.16 bits per heavy atom. The van der Waals surface area contributed by atoms with E-state index in [1.54, 1.807) is 12.1 Å². The molecule has 0 amide bonds. The fourth-order valence-corrected chi connectivity index (χ4v) is 2.53. The van der Waals surface area contributed by atoms with Gasteiger partial charge in [0.15, 0.2) is 0 Å². The zero-order chi connectivity index (χ0) is 13.8. The van der Waals surface area contributed by atoms with Gasteiger partial charge in [0.05, 0.1) is 10.6 Å². The average Bonchev–Trinajstić information content (AvgIpc) is 2.39. The predicted octanol–water partition coefficient (Wildman–Crippen LogP) is 2.79. The molecule has 0 aliphatic carbocycles. The number of nitrogens with zero attached hydrogens (tertiary/aromatic N) is 1. The Balaban J connectivity index is 1.92. The van der Waals surface area contributed by atoms with E-state index in [9.17, 15) is 4.79 Å². The van der Waals surface area contributed by atoms with Gasteiger partial charge in [-0.1, -0.05) is 11.6 Å². The Hall–Kier alpha value is -1.26. The van der Waals surface area contributed by atoms with Crippen LogP contribution in [0.15, 0.2) is 18.2 Å². The summed E-state index contributed by atoms with van der Waals surface area (Å²) in [4.78, 5) is 13.3. The van der Waals surface area contributed by atoms with E-state index in [1.807, 2.05) is 6.07 Å². The van der Waals surface area contributed by atoms with Crippen LogP contribution in [0.5, 0.6) is 0 Å². The SMILES string of the molecule is CN1CCC(CNc2ccc(Cl)c(C(=O)O)c2)CC1. The van der Waals surface area contributed by atoms with Crippen molar-refractivity contribution >= 4 is 23.3 Å². The van der Waals surface area contributed by atoms with Gasteiger partial charge in [0, 0.05) is 12.2 Å². The number of carboxylic acids is 1. The highest BCUT2D eigenvalue weighted by Crippen LogP contribution is 2.22.